The van der Waals surface area contributed by atoms with Gasteiger partial charge >= 0.3 is 0 Å². The Morgan fingerprint density at radius 1 is 1.03 bits per heavy atom. The van der Waals surface area contributed by atoms with E-state index in [9.17, 15) is 5.11 Å². The van der Waals surface area contributed by atoms with E-state index in [-0.39, 0.29) is 6.10 Å². The SMILES string of the molecule is CC1=C(C(C)C)C1CC(C)C1CCC2C3CC=C4CC(O)CCC4(C)C3CCC12C. The summed E-state index contributed by atoms with van der Waals surface area (Å²) in [5.41, 5.74) is 6.07. The van der Waals surface area contributed by atoms with Gasteiger partial charge in [0.25, 0.3) is 0 Å². The first-order valence-electron chi connectivity index (χ1n) is 13.2. The molecule has 5 rings (SSSR count). The van der Waals surface area contributed by atoms with E-state index in [1.807, 2.05) is 0 Å². The molecule has 0 saturated heterocycles. The van der Waals surface area contributed by atoms with Gasteiger partial charge in [0.1, 0.15) is 0 Å². The lowest BCUT2D eigenvalue weighted by atomic mass is 9.47. The van der Waals surface area contributed by atoms with Crippen molar-refractivity contribution in [3.8, 4) is 0 Å². The quantitative estimate of drug-likeness (QED) is 0.474. The minimum absolute atomic E-state index is 0.0818. The summed E-state index contributed by atoms with van der Waals surface area (Å²) >= 11 is 0. The Balaban J connectivity index is 1.32. The normalized spacial score (nSPS) is 48.7. The van der Waals surface area contributed by atoms with Crippen molar-refractivity contribution in [3.63, 3.8) is 0 Å². The van der Waals surface area contributed by atoms with Crippen LogP contribution in [0.4, 0.5) is 0 Å². The molecular weight excluding hydrogens is 364 g/mol. The molecule has 168 valence electrons. The van der Waals surface area contributed by atoms with Gasteiger partial charge in [0.15, 0.2) is 0 Å². The molecule has 3 fully saturated rings. The molecule has 0 aromatic heterocycles. The van der Waals surface area contributed by atoms with Crippen LogP contribution in [0.25, 0.3) is 0 Å². The molecule has 5 aliphatic carbocycles. The molecule has 5 aliphatic rings. The topological polar surface area (TPSA) is 20.2 Å². The van der Waals surface area contributed by atoms with Gasteiger partial charge in [-0.25, -0.2) is 0 Å². The van der Waals surface area contributed by atoms with Crippen LogP contribution in [0.5, 0.6) is 0 Å². The molecule has 0 spiro atoms. The molecular formula is C29H46O. The highest BCUT2D eigenvalue weighted by Crippen LogP contribution is 2.67. The molecule has 0 aliphatic heterocycles. The van der Waals surface area contributed by atoms with Crippen molar-refractivity contribution < 1.29 is 5.11 Å². The molecule has 1 nitrogen and oxygen atoms in total. The van der Waals surface area contributed by atoms with Crippen molar-refractivity contribution in [2.24, 2.45) is 52.3 Å². The lowest BCUT2D eigenvalue weighted by Crippen LogP contribution is -2.50. The van der Waals surface area contributed by atoms with E-state index in [0.29, 0.717) is 10.8 Å². The Kier molecular flexibility index (Phi) is 5.13. The number of aliphatic hydroxyl groups excluding tert-OH is 1. The van der Waals surface area contributed by atoms with Crippen LogP contribution in [0.3, 0.4) is 0 Å². The Morgan fingerprint density at radius 2 is 1.80 bits per heavy atom. The fourth-order valence-corrected chi connectivity index (χ4v) is 9.73. The van der Waals surface area contributed by atoms with Gasteiger partial charge in [-0.1, -0.05) is 57.4 Å². The lowest BCUT2D eigenvalue weighted by molar-refractivity contribution is -0.0574. The lowest BCUT2D eigenvalue weighted by Gasteiger charge is -2.58. The maximum atomic E-state index is 10.2. The van der Waals surface area contributed by atoms with E-state index >= 15 is 0 Å². The molecule has 9 atom stereocenters. The van der Waals surface area contributed by atoms with Crippen LogP contribution in [-0.2, 0) is 0 Å². The monoisotopic (exact) mass is 410 g/mol. The van der Waals surface area contributed by atoms with Crippen LogP contribution < -0.4 is 0 Å². The maximum Gasteiger partial charge on any atom is 0.0577 e. The van der Waals surface area contributed by atoms with E-state index in [0.717, 1.165) is 54.3 Å². The zero-order valence-corrected chi connectivity index (χ0v) is 20.5. The van der Waals surface area contributed by atoms with Crippen molar-refractivity contribution in [1.82, 2.24) is 0 Å². The average Bonchev–Trinajstić information content (AvgIpc) is 3.17. The maximum absolute atomic E-state index is 10.2. The standard InChI is InChI=1S/C29H46O/c1-17(2)27-19(4)23(27)15-18(3)24-9-10-25-22-8-7-20-16-21(30)11-13-28(20,5)26(22)12-14-29(24,25)6/h7,17-18,21-26,30H,8-16H2,1-6H3. The highest BCUT2D eigenvalue weighted by Gasteiger charge is 2.59. The van der Waals surface area contributed by atoms with E-state index < -0.39 is 0 Å². The van der Waals surface area contributed by atoms with Gasteiger partial charge in [-0.05, 0) is 111 Å². The Morgan fingerprint density at radius 3 is 2.50 bits per heavy atom. The summed E-state index contributed by atoms with van der Waals surface area (Å²) in [5, 5.41) is 10.2. The van der Waals surface area contributed by atoms with Crippen LogP contribution in [0.1, 0.15) is 99.3 Å². The zero-order chi connectivity index (χ0) is 21.4. The summed E-state index contributed by atoms with van der Waals surface area (Å²) in [6, 6.07) is 0. The zero-order valence-electron chi connectivity index (χ0n) is 20.5. The van der Waals surface area contributed by atoms with Gasteiger partial charge in [-0.3, -0.25) is 0 Å². The molecule has 9 unspecified atom stereocenters. The first-order chi connectivity index (χ1) is 14.2. The number of allylic oxidation sites excluding steroid dienone is 3. The van der Waals surface area contributed by atoms with Crippen LogP contribution in [0.2, 0.25) is 0 Å². The second-order valence-electron chi connectivity index (χ2n) is 12.9. The van der Waals surface area contributed by atoms with Gasteiger partial charge in [0.05, 0.1) is 6.10 Å². The van der Waals surface area contributed by atoms with Crippen molar-refractivity contribution in [1.29, 1.82) is 0 Å². The number of rotatable bonds is 4. The highest BCUT2D eigenvalue weighted by molar-refractivity contribution is 5.40. The Bertz CT molecular complexity index is 758. The van der Waals surface area contributed by atoms with Crippen LogP contribution in [0.15, 0.2) is 22.8 Å². The predicted molar refractivity (Wildman–Crippen MR) is 126 cm³/mol. The average molecular weight is 411 g/mol. The third-order valence-electron chi connectivity index (χ3n) is 11.3. The molecule has 30 heavy (non-hydrogen) atoms. The van der Waals surface area contributed by atoms with Crippen molar-refractivity contribution in [3.05, 3.63) is 22.8 Å². The van der Waals surface area contributed by atoms with Gasteiger partial charge in [-0.2, -0.15) is 0 Å². The number of hydrogen-bond donors (Lipinski definition) is 1. The fourth-order valence-electron chi connectivity index (χ4n) is 9.73. The summed E-state index contributed by atoms with van der Waals surface area (Å²) in [4.78, 5) is 0. The smallest absolute Gasteiger partial charge is 0.0577 e. The van der Waals surface area contributed by atoms with E-state index in [4.69, 9.17) is 0 Å². The number of hydrogen-bond acceptors (Lipinski definition) is 1. The third kappa shape index (κ3) is 3.04. The molecule has 0 heterocycles. The minimum Gasteiger partial charge on any atom is -0.393 e. The summed E-state index contributed by atoms with van der Waals surface area (Å²) < 4.78 is 0. The molecule has 3 saturated carbocycles. The minimum atomic E-state index is -0.0818. The third-order valence-corrected chi connectivity index (χ3v) is 11.3. The van der Waals surface area contributed by atoms with Gasteiger partial charge in [0, 0.05) is 5.92 Å². The molecule has 0 bridgehead atoms. The van der Waals surface area contributed by atoms with E-state index in [1.54, 1.807) is 16.7 Å². The molecule has 0 aromatic carbocycles. The van der Waals surface area contributed by atoms with Gasteiger partial charge < -0.3 is 5.11 Å². The van der Waals surface area contributed by atoms with Gasteiger partial charge in [-0.15, -0.1) is 0 Å². The highest BCUT2D eigenvalue weighted by atomic mass is 16.3. The van der Waals surface area contributed by atoms with E-state index in [2.05, 4.69) is 47.6 Å². The second-order valence-corrected chi connectivity index (χ2v) is 12.9. The first-order valence-corrected chi connectivity index (χ1v) is 13.2. The van der Waals surface area contributed by atoms with Crippen LogP contribution >= 0.6 is 0 Å². The van der Waals surface area contributed by atoms with Crippen molar-refractivity contribution >= 4 is 0 Å². The number of fused-ring (bicyclic) bond motifs is 5. The summed E-state index contributed by atoms with van der Waals surface area (Å²) in [7, 11) is 0. The largest absolute Gasteiger partial charge is 0.393 e. The molecule has 0 radical (unpaired) electrons. The Hall–Kier alpha value is -0.560. The van der Waals surface area contributed by atoms with Gasteiger partial charge in [0.2, 0.25) is 0 Å². The van der Waals surface area contributed by atoms with Crippen molar-refractivity contribution in [2.75, 3.05) is 0 Å². The molecule has 0 amide bonds. The molecule has 0 aromatic rings. The number of aliphatic hydroxyl groups is 1. The van der Waals surface area contributed by atoms with Crippen LogP contribution in [-0.4, -0.2) is 11.2 Å². The molecule has 1 heteroatoms. The molecule has 1 N–H and O–H groups in total. The predicted octanol–water partition coefficient (Wildman–Crippen LogP) is 7.55. The summed E-state index contributed by atoms with van der Waals surface area (Å²) in [5.74, 6) is 6.09. The summed E-state index contributed by atoms with van der Waals surface area (Å²) in [6.45, 7) is 15.0. The first kappa shape index (κ1) is 21.3. The Labute approximate surface area is 185 Å². The van der Waals surface area contributed by atoms with Crippen molar-refractivity contribution in [2.45, 2.75) is 105 Å². The summed E-state index contributed by atoms with van der Waals surface area (Å²) in [6.07, 6.45) is 14.2. The van der Waals surface area contributed by atoms with E-state index in [1.165, 1.54) is 44.9 Å². The van der Waals surface area contributed by atoms with Crippen LogP contribution in [0, 0.1) is 52.3 Å². The fraction of sp³-hybridized carbons (Fsp3) is 0.862. The second kappa shape index (κ2) is 7.23.